The summed E-state index contributed by atoms with van der Waals surface area (Å²) >= 11 is 0. The van der Waals surface area contributed by atoms with Crippen LogP contribution < -0.4 is 0 Å². The van der Waals surface area contributed by atoms with Crippen molar-refractivity contribution in [1.82, 2.24) is 0 Å². The van der Waals surface area contributed by atoms with Crippen LogP contribution >= 0.6 is 0 Å². The molecule has 1 heteroatoms. The minimum Gasteiger partial charge on any atom is -0.508 e. The molecule has 0 spiro atoms. The van der Waals surface area contributed by atoms with E-state index in [1.165, 1.54) is 49.7 Å². The largest absolute Gasteiger partial charge is 0.508 e. The minimum atomic E-state index is 0.352. The van der Waals surface area contributed by atoms with Gasteiger partial charge in [-0.1, -0.05) is 31.1 Å². The first-order valence-corrected chi connectivity index (χ1v) is 5.85. The highest BCUT2D eigenvalue weighted by atomic mass is 16.3. The highest BCUT2D eigenvalue weighted by Gasteiger charge is 2.04. The summed E-state index contributed by atoms with van der Waals surface area (Å²) in [6.45, 7) is 0. The predicted molar refractivity (Wildman–Crippen MR) is 63.8 cm³/mol. The Kier molecular flexibility index (Phi) is 3.44. The second-order valence-electron chi connectivity index (χ2n) is 4.23. The van der Waals surface area contributed by atoms with E-state index in [9.17, 15) is 5.11 Å². The van der Waals surface area contributed by atoms with Gasteiger partial charge in [-0.2, -0.15) is 0 Å². The van der Waals surface area contributed by atoms with Gasteiger partial charge in [0.2, 0.25) is 0 Å². The molecule has 0 bridgehead atoms. The molecule has 1 N–H and O–H groups in total. The molecule has 0 amide bonds. The van der Waals surface area contributed by atoms with E-state index in [2.05, 4.69) is 6.08 Å². The number of phenolic OH excluding ortho intramolecular Hbond substituents is 1. The Balaban J connectivity index is 2.16. The summed E-state index contributed by atoms with van der Waals surface area (Å²) in [5.41, 5.74) is 2.73. The van der Waals surface area contributed by atoms with E-state index < -0.39 is 0 Å². The van der Waals surface area contributed by atoms with Gasteiger partial charge < -0.3 is 5.11 Å². The lowest BCUT2D eigenvalue weighted by Crippen LogP contribution is -1.90. The molecule has 0 saturated carbocycles. The van der Waals surface area contributed by atoms with Crippen LogP contribution in [-0.4, -0.2) is 5.11 Å². The van der Waals surface area contributed by atoms with E-state index in [-0.39, 0.29) is 0 Å². The van der Waals surface area contributed by atoms with Gasteiger partial charge >= 0.3 is 0 Å². The molecule has 0 atom stereocenters. The first-order valence-electron chi connectivity index (χ1n) is 5.85. The van der Waals surface area contributed by atoms with Crippen LogP contribution in [0.25, 0.3) is 5.57 Å². The summed E-state index contributed by atoms with van der Waals surface area (Å²) in [4.78, 5) is 0. The standard InChI is InChI=1S/C14H18O/c15-14-10-8-13(9-11-14)12-6-4-2-1-3-5-7-12/h6,8-11,15H,1-5,7H2. The van der Waals surface area contributed by atoms with Crippen molar-refractivity contribution in [3.63, 3.8) is 0 Å². The maximum absolute atomic E-state index is 9.24. The van der Waals surface area contributed by atoms with Crippen LogP contribution in [-0.2, 0) is 0 Å². The summed E-state index contributed by atoms with van der Waals surface area (Å²) in [6.07, 6.45) is 10.1. The first kappa shape index (κ1) is 10.3. The molecular weight excluding hydrogens is 184 g/mol. The Morgan fingerprint density at radius 1 is 0.867 bits per heavy atom. The molecular formula is C14H18O. The van der Waals surface area contributed by atoms with Gasteiger partial charge in [0.1, 0.15) is 5.75 Å². The number of rotatable bonds is 1. The van der Waals surface area contributed by atoms with E-state index in [1.54, 1.807) is 12.1 Å². The SMILES string of the molecule is Oc1ccc(C2=CCCCCCC2)cc1. The molecule has 0 unspecified atom stereocenters. The Morgan fingerprint density at radius 2 is 1.60 bits per heavy atom. The minimum absolute atomic E-state index is 0.352. The van der Waals surface area contributed by atoms with Crippen LogP contribution in [0.5, 0.6) is 5.75 Å². The Bertz CT molecular complexity index is 335. The average Bonchev–Trinajstić information content (AvgIpc) is 2.19. The smallest absolute Gasteiger partial charge is 0.115 e. The number of hydrogen-bond donors (Lipinski definition) is 1. The zero-order valence-corrected chi connectivity index (χ0v) is 9.08. The van der Waals surface area contributed by atoms with Gasteiger partial charge in [0, 0.05) is 0 Å². The van der Waals surface area contributed by atoms with Gasteiger partial charge in [-0.3, -0.25) is 0 Å². The van der Waals surface area contributed by atoms with Crippen molar-refractivity contribution in [3.05, 3.63) is 35.9 Å². The van der Waals surface area contributed by atoms with Crippen molar-refractivity contribution in [1.29, 1.82) is 0 Å². The second-order valence-corrected chi connectivity index (χ2v) is 4.23. The van der Waals surface area contributed by atoms with Gasteiger partial charge in [-0.25, -0.2) is 0 Å². The second kappa shape index (κ2) is 5.01. The molecule has 0 heterocycles. The van der Waals surface area contributed by atoms with Crippen molar-refractivity contribution in [3.8, 4) is 5.75 Å². The van der Waals surface area contributed by atoms with E-state index in [4.69, 9.17) is 0 Å². The lowest BCUT2D eigenvalue weighted by atomic mass is 9.95. The highest BCUT2D eigenvalue weighted by Crippen LogP contribution is 2.26. The third-order valence-electron chi connectivity index (χ3n) is 3.03. The Morgan fingerprint density at radius 3 is 2.40 bits per heavy atom. The number of aromatic hydroxyl groups is 1. The summed E-state index contributed by atoms with van der Waals surface area (Å²) < 4.78 is 0. The van der Waals surface area contributed by atoms with Crippen LogP contribution in [0.15, 0.2) is 30.3 Å². The van der Waals surface area contributed by atoms with Crippen molar-refractivity contribution in [2.24, 2.45) is 0 Å². The van der Waals surface area contributed by atoms with Crippen LogP contribution in [0, 0.1) is 0 Å². The normalized spacial score (nSPS) is 17.7. The molecule has 1 aromatic rings. The predicted octanol–water partition coefficient (Wildman–Crippen LogP) is 4.13. The molecule has 80 valence electrons. The Hall–Kier alpha value is -1.24. The summed E-state index contributed by atoms with van der Waals surface area (Å²) in [7, 11) is 0. The van der Waals surface area contributed by atoms with E-state index in [1.807, 2.05) is 12.1 Å². The molecule has 1 nitrogen and oxygen atoms in total. The third kappa shape index (κ3) is 2.85. The fourth-order valence-electron chi connectivity index (χ4n) is 2.13. The molecule has 2 rings (SSSR count). The van der Waals surface area contributed by atoms with E-state index in [0.29, 0.717) is 5.75 Å². The quantitative estimate of drug-likeness (QED) is 0.726. The van der Waals surface area contributed by atoms with Crippen molar-refractivity contribution in [2.75, 3.05) is 0 Å². The van der Waals surface area contributed by atoms with Crippen molar-refractivity contribution in [2.45, 2.75) is 38.5 Å². The third-order valence-corrected chi connectivity index (χ3v) is 3.03. The van der Waals surface area contributed by atoms with Gasteiger partial charge in [-0.05, 0) is 49.0 Å². The molecule has 0 fully saturated rings. The fourth-order valence-corrected chi connectivity index (χ4v) is 2.13. The summed E-state index contributed by atoms with van der Waals surface area (Å²) in [6, 6.07) is 7.58. The van der Waals surface area contributed by atoms with Crippen molar-refractivity contribution >= 4 is 5.57 Å². The number of phenols is 1. The maximum Gasteiger partial charge on any atom is 0.115 e. The molecule has 0 saturated heterocycles. The van der Waals surface area contributed by atoms with Gasteiger partial charge in [0.15, 0.2) is 0 Å². The van der Waals surface area contributed by atoms with Gasteiger partial charge in [-0.15, -0.1) is 0 Å². The van der Waals surface area contributed by atoms with Gasteiger partial charge in [0.25, 0.3) is 0 Å². The molecule has 1 aliphatic carbocycles. The van der Waals surface area contributed by atoms with Crippen molar-refractivity contribution < 1.29 is 5.11 Å². The number of allylic oxidation sites excluding steroid dienone is 2. The van der Waals surface area contributed by atoms with E-state index in [0.717, 1.165) is 0 Å². The van der Waals surface area contributed by atoms with Crippen LogP contribution in [0.3, 0.4) is 0 Å². The van der Waals surface area contributed by atoms with E-state index >= 15 is 0 Å². The zero-order chi connectivity index (χ0) is 10.5. The number of benzene rings is 1. The van der Waals surface area contributed by atoms with Gasteiger partial charge in [0.05, 0.1) is 0 Å². The number of hydrogen-bond acceptors (Lipinski definition) is 1. The summed E-state index contributed by atoms with van der Waals surface area (Å²) in [5.74, 6) is 0.352. The Labute approximate surface area is 91.4 Å². The topological polar surface area (TPSA) is 20.2 Å². The molecule has 0 aromatic heterocycles. The molecule has 15 heavy (non-hydrogen) atoms. The zero-order valence-electron chi connectivity index (χ0n) is 9.08. The maximum atomic E-state index is 9.24. The first-order chi connectivity index (χ1) is 7.36. The monoisotopic (exact) mass is 202 g/mol. The molecule has 0 radical (unpaired) electrons. The van der Waals surface area contributed by atoms with Crippen LogP contribution in [0.1, 0.15) is 44.1 Å². The van der Waals surface area contributed by atoms with Crippen LogP contribution in [0.2, 0.25) is 0 Å². The summed E-state index contributed by atoms with van der Waals surface area (Å²) in [5, 5.41) is 9.24. The van der Waals surface area contributed by atoms with Crippen LogP contribution in [0.4, 0.5) is 0 Å². The fraction of sp³-hybridized carbons (Fsp3) is 0.429. The average molecular weight is 202 g/mol. The molecule has 1 aliphatic rings. The lowest BCUT2D eigenvalue weighted by molar-refractivity contribution is 0.475. The molecule has 1 aromatic carbocycles. The lowest BCUT2D eigenvalue weighted by Gasteiger charge is -2.11. The molecule has 0 aliphatic heterocycles. The highest BCUT2D eigenvalue weighted by molar-refractivity contribution is 5.66.